The third-order valence-electron chi connectivity index (χ3n) is 6.86. The number of ketones is 1. The number of alkyl carbamates (subject to hydrolysis) is 1. The van der Waals surface area contributed by atoms with Gasteiger partial charge in [-0.2, -0.15) is 0 Å². The molecule has 0 bridgehead atoms. The number of rotatable bonds is 5. The molecule has 174 valence electrons. The fourth-order valence-corrected chi connectivity index (χ4v) is 5.23. The predicted molar refractivity (Wildman–Crippen MR) is 126 cm³/mol. The molecule has 0 unspecified atom stereocenters. The number of H-pyrrole nitrogens is 1. The van der Waals surface area contributed by atoms with Gasteiger partial charge in [0.15, 0.2) is 5.82 Å². The van der Waals surface area contributed by atoms with Crippen LogP contribution >= 0.6 is 11.6 Å². The van der Waals surface area contributed by atoms with Crippen molar-refractivity contribution in [2.24, 2.45) is 5.92 Å². The zero-order valence-electron chi connectivity index (χ0n) is 19.0. The van der Waals surface area contributed by atoms with Gasteiger partial charge in [0.05, 0.1) is 28.9 Å². The van der Waals surface area contributed by atoms with Crippen molar-refractivity contribution in [1.29, 1.82) is 0 Å². The Labute approximate surface area is 193 Å². The van der Waals surface area contributed by atoms with Crippen LogP contribution in [0.25, 0.3) is 11.0 Å². The molecule has 1 aliphatic carbocycles. The van der Waals surface area contributed by atoms with Gasteiger partial charge in [-0.25, -0.2) is 9.78 Å². The molecule has 1 aliphatic heterocycles. The Kier molecular flexibility index (Phi) is 6.90. The third-order valence-corrected chi connectivity index (χ3v) is 7.16. The van der Waals surface area contributed by atoms with Crippen LogP contribution in [-0.4, -0.2) is 72.1 Å². The standard InChI is InChI=1S/C23H32ClN5O3/c1-4-28-9-10-29(14(2)13-28)20-12-19-18(11-17(20)24)26-22(27-19)21(30)15-5-7-16(8-6-15)25-23(31)32-3/h11-12,14-16H,4-10,13H2,1-3H3,(H,25,31)(H,26,27)/t14-,15?,16?/m1/s1. The minimum absolute atomic E-state index is 0.0281. The Morgan fingerprint density at radius 3 is 2.66 bits per heavy atom. The van der Waals surface area contributed by atoms with E-state index < -0.39 is 6.09 Å². The van der Waals surface area contributed by atoms with E-state index in [0.29, 0.717) is 16.9 Å². The molecule has 8 nitrogen and oxygen atoms in total. The molecule has 2 fully saturated rings. The molecule has 2 aromatic rings. The summed E-state index contributed by atoms with van der Waals surface area (Å²) in [5.74, 6) is 0.324. The van der Waals surface area contributed by atoms with Crippen LogP contribution in [0.1, 0.15) is 50.1 Å². The topological polar surface area (TPSA) is 90.6 Å². The summed E-state index contributed by atoms with van der Waals surface area (Å²) in [5, 5.41) is 3.50. The molecule has 1 aromatic heterocycles. The van der Waals surface area contributed by atoms with Gasteiger partial charge < -0.3 is 19.9 Å². The largest absolute Gasteiger partial charge is 0.453 e. The lowest BCUT2D eigenvalue weighted by atomic mass is 9.83. The smallest absolute Gasteiger partial charge is 0.407 e. The van der Waals surface area contributed by atoms with E-state index in [1.807, 2.05) is 12.1 Å². The molecule has 0 radical (unpaired) electrons. The molecular formula is C23H32ClN5O3. The second-order valence-electron chi connectivity index (χ2n) is 8.89. The number of hydrogen-bond donors (Lipinski definition) is 2. The lowest BCUT2D eigenvalue weighted by molar-refractivity contribution is 0.0869. The Balaban J connectivity index is 1.47. The monoisotopic (exact) mass is 461 g/mol. The quantitative estimate of drug-likeness (QED) is 0.657. The summed E-state index contributed by atoms with van der Waals surface area (Å²) in [7, 11) is 1.36. The van der Waals surface area contributed by atoms with Gasteiger partial charge in [-0.15, -0.1) is 0 Å². The van der Waals surface area contributed by atoms with E-state index in [1.54, 1.807) is 0 Å². The maximum absolute atomic E-state index is 13.1. The molecule has 2 heterocycles. The van der Waals surface area contributed by atoms with Crippen LogP contribution in [-0.2, 0) is 4.74 Å². The number of imidazole rings is 1. The number of hydrogen-bond acceptors (Lipinski definition) is 6. The molecule has 2 N–H and O–H groups in total. The van der Waals surface area contributed by atoms with Gasteiger partial charge >= 0.3 is 6.09 Å². The number of Topliss-reactive ketones (excluding diaryl/α,β-unsaturated/α-hetero) is 1. The number of nitrogens with one attached hydrogen (secondary N) is 2. The van der Waals surface area contributed by atoms with Gasteiger partial charge in [0.25, 0.3) is 0 Å². The number of aromatic nitrogens is 2. The van der Waals surface area contributed by atoms with Crippen LogP contribution in [0.15, 0.2) is 12.1 Å². The first kappa shape index (κ1) is 22.9. The first-order valence-electron chi connectivity index (χ1n) is 11.5. The van der Waals surface area contributed by atoms with E-state index in [1.165, 1.54) is 7.11 Å². The lowest BCUT2D eigenvalue weighted by Gasteiger charge is -2.41. The van der Waals surface area contributed by atoms with Crippen LogP contribution < -0.4 is 10.2 Å². The number of carbonyl (C=O) groups is 2. The number of nitrogens with zero attached hydrogens (tertiary/aromatic N) is 3. The number of anilines is 1. The summed E-state index contributed by atoms with van der Waals surface area (Å²) in [6, 6.07) is 4.29. The van der Waals surface area contributed by atoms with E-state index in [4.69, 9.17) is 11.6 Å². The highest BCUT2D eigenvalue weighted by molar-refractivity contribution is 6.34. The summed E-state index contributed by atoms with van der Waals surface area (Å²) in [6.07, 6.45) is 2.52. The van der Waals surface area contributed by atoms with Crippen molar-refractivity contribution in [2.75, 3.05) is 38.2 Å². The van der Waals surface area contributed by atoms with Crippen molar-refractivity contribution in [2.45, 2.75) is 51.6 Å². The number of piperazine rings is 1. The maximum atomic E-state index is 13.1. The lowest BCUT2D eigenvalue weighted by Crippen LogP contribution is -2.51. The normalized spacial score (nSPS) is 24.5. The van der Waals surface area contributed by atoms with Gasteiger partial charge in [-0.05, 0) is 51.3 Å². The van der Waals surface area contributed by atoms with E-state index in [2.05, 4.69) is 43.7 Å². The number of likely N-dealkylation sites (N-methyl/N-ethyl adjacent to an activating group) is 1. The molecule has 1 saturated carbocycles. The number of carbonyl (C=O) groups excluding carboxylic acids is 2. The molecule has 0 spiro atoms. The Morgan fingerprint density at radius 2 is 2.00 bits per heavy atom. The Hall–Kier alpha value is -2.32. The van der Waals surface area contributed by atoms with Gasteiger partial charge in [-0.3, -0.25) is 9.69 Å². The number of aromatic amines is 1. The van der Waals surface area contributed by atoms with Crippen molar-refractivity contribution in [3.8, 4) is 0 Å². The average molecular weight is 462 g/mol. The van der Waals surface area contributed by atoms with Crippen LogP contribution in [0.2, 0.25) is 5.02 Å². The van der Waals surface area contributed by atoms with Crippen molar-refractivity contribution in [3.63, 3.8) is 0 Å². The SMILES string of the molecule is CCN1CCN(c2cc3nc(C(=O)C4CCC(NC(=O)OC)CC4)[nH]c3cc2Cl)[C@H](C)C1. The number of methoxy groups -OCH3 is 1. The van der Waals surface area contributed by atoms with E-state index in [-0.39, 0.29) is 17.7 Å². The van der Waals surface area contributed by atoms with E-state index in [9.17, 15) is 9.59 Å². The van der Waals surface area contributed by atoms with Crippen LogP contribution in [0, 0.1) is 5.92 Å². The highest BCUT2D eigenvalue weighted by Crippen LogP contribution is 2.33. The minimum atomic E-state index is -0.421. The zero-order valence-corrected chi connectivity index (χ0v) is 19.7. The minimum Gasteiger partial charge on any atom is -0.453 e. The molecule has 32 heavy (non-hydrogen) atoms. The summed E-state index contributed by atoms with van der Waals surface area (Å²) < 4.78 is 4.66. The number of fused-ring (bicyclic) bond motifs is 1. The van der Waals surface area contributed by atoms with Gasteiger partial charge in [-0.1, -0.05) is 18.5 Å². The van der Waals surface area contributed by atoms with Gasteiger partial charge in [0.1, 0.15) is 0 Å². The maximum Gasteiger partial charge on any atom is 0.407 e. The summed E-state index contributed by atoms with van der Waals surface area (Å²) in [6.45, 7) is 8.38. The highest BCUT2D eigenvalue weighted by atomic mass is 35.5. The molecule has 1 atom stereocenters. The first-order valence-corrected chi connectivity index (χ1v) is 11.8. The fourth-order valence-electron chi connectivity index (χ4n) is 4.95. The summed E-state index contributed by atoms with van der Waals surface area (Å²) in [5.41, 5.74) is 2.52. The molecular weight excluding hydrogens is 430 g/mol. The molecule has 1 saturated heterocycles. The first-order chi connectivity index (χ1) is 15.4. The Bertz CT molecular complexity index is 985. The predicted octanol–water partition coefficient (Wildman–Crippen LogP) is 3.84. The van der Waals surface area contributed by atoms with Crippen LogP contribution in [0.3, 0.4) is 0 Å². The number of amides is 1. The second kappa shape index (κ2) is 9.67. The average Bonchev–Trinajstić information content (AvgIpc) is 3.21. The fraction of sp³-hybridized carbons (Fsp3) is 0.609. The van der Waals surface area contributed by atoms with Crippen molar-refractivity contribution >= 4 is 40.2 Å². The van der Waals surface area contributed by atoms with Crippen molar-refractivity contribution < 1.29 is 14.3 Å². The van der Waals surface area contributed by atoms with E-state index >= 15 is 0 Å². The van der Waals surface area contributed by atoms with Crippen molar-refractivity contribution in [1.82, 2.24) is 20.2 Å². The Morgan fingerprint density at radius 1 is 1.25 bits per heavy atom. The van der Waals surface area contributed by atoms with Crippen LogP contribution in [0.5, 0.6) is 0 Å². The number of ether oxygens (including phenoxy) is 1. The number of benzene rings is 1. The number of halogens is 1. The van der Waals surface area contributed by atoms with Crippen molar-refractivity contribution in [3.05, 3.63) is 23.0 Å². The second-order valence-corrected chi connectivity index (χ2v) is 9.30. The van der Waals surface area contributed by atoms with E-state index in [0.717, 1.165) is 68.6 Å². The summed E-state index contributed by atoms with van der Waals surface area (Å²) in [4.78, 5) is 37.1. The molecule has 4 rings (SSSR count). The van der Waals surface area contributed by atoms with Gasteiger partial charge in [0, 0.05) is 37.6 Å². The summed E-state index contributed by atoms with van der Waals surface area (Å²) >= 11 is 6.65. The highest BCUT2D eigenvalue weighted by Gasteiger charge is 2.30. The van der Waals surface area contributed by atoms with Gasteiger partial charge in [0.2, 0.25) is 5.78 Å². The zero-order chi connectivity index (χ0) is 22.8. The third kappa shape index (κ3) is 4.71. The molecule has 2 aliphatic rings. The molecule has 1 amide bonds. The molecule has 9 heteroatoms. The van der Waals surface area contributed by atoms with Crippen LogP contribution in [0.4, 0.5) is 10.5 Å². The molecule has 1 aromatic carbocycles.